The zero-order valence-corrected chi connectivity index (χ0v) is 23.3. The number of para-hydroxylation sites is 2. The van der Waals surface area contributed by atoms with Crippen LogP contribution in [0.1, 0.15) is 32.4 Å². The molecule has 0 spiro atoms. The van der Waals surface area contributed by atoms with Gasteiger partial charge in [-0.3, -0.25) is 14.9 Å². The van der Waals surface area contributed by atoms with Crippen LogP contribution >= 0.6 is 0 Å². The largest absolute Gasteiger partial charge is 0.495 e. The minimum absolute atomic E-state index is 0.0861. The third-order valence-electron chi connectivity index (χ3n) is 7.10. The van der Waals surface area contributed by atoms with Crippen LogP contribution in [0.4, 0.5) is 23.0 Å². The summed E-state index contributed by atoms with van der Waals surface area (Å²) in [7, 11) is 1.53. The first-order valence-electron chi connectivity index (χ1n) is 13.3. The maximum Gasteiger partial charge on any atom is 0.269 e. The van der Waals surface area contributed by atoms with E-state index in [4.69, 9.17) is 14.8 Å². The van der Waals surface area contributed by atoms with E-state index >= 15 is 0 Å². The minimum Gasteiger partial charge on any atom is -0.495 e. The number of non-ortho nitro benzene ring substituents is 1. The fraction of sp³-hybridized carbons (Fsp3) is 0.233. The molecule has 41 heavy (non-hydrogen) atoms. The fourth-order valence-corrected chi connectivity index (χ4v) is 5.03. The number of ether oxygens (including phenoxy) is 1. The smallest absolute Gasteiger partial charge is 0.269 e. The van der Waals surface area contributed by atoms with Crippen molar-refractivity contribution in [1.82, 2.24) is 14.8 Å². The molecule has 0 fully saturated rings. The Balaban J connectivity index is 1.58. The summed E-state index contributed by atoms with van der Waals surface area (Å²) in [5, 5.41) is 22.6. The number of nitrogens with zero attached hydrogens (tertiary/aromatic N) is 5. The molecule has 1 aliphatic heterocycles. The van der Waals surface area contributed by atoms with Gasteiger partial charge in [-0.1, -0.05) is 24.3 Å². The number of aromatic nitrogens is 3. The van der Waals surface area contributed by atoms with Crippen molar-refractivity contribution in [1.29, 1.82) is 0 Å². The molecule has 0 saturated heterocycles. The van der Waals surface area contributed by atoms with Crippen LogP contribution in [0.3, 0.4) is 0 Å². The number of nitrogens with one attached hydrogen (secondary N) is 2. The molecule has 5 rings (SSSR count). The van der Waals surface area contributed by atoms with Crippen LogP contribution in [0, 0.1) is 10.1 Å². The Morgan fingerprint density at radius 2 is 1.83 bits per heavy atom. The van der Waals surface area contributed by atoms with Crippen LogP contribution < -0.4 is 20.3 Å². The average molecular weight is 554 g/mol. The lowest BCUT2D eigenvalue weighted by Crippen LogP contribution is -2.31. The molecule has 1 unspecified atom stereocenters. The number of nitro groups is 1. The molecule has 1 aliphatic rings. The molecule has 11 heteroatoms. The number of carbonyl (C=O) groups is 1. The molecule has 1 atom stereocenters. The highest BCUT2D eigenvalue weighted by molar-refractivity contribution is 6.06. The van der Waals surface area contributed by atoms with Crippen LogP contribution in [0.5, 0.6) is 5.75 Å². The molecule has 1 aromatic heterocycles. The number of methoxy groups -OCH3 is 1. The highest BCUT2D eigenvalue weighted by atomic mass is 16.6. The summed E-state index contributed by atoms with van der Waals surface area (Å²) in [5.41, 5.74) is 3.74. The summed E-state index contributed by atoms with van der Waals surface area (Å²) in [6.07, 6.45) is 0. The Labute approximate surface area is 237 Å². The lowest BCUT2D eigenvalue weighted by atomic mass is 9.94. The number of hydrogen-bond donors (Lipinski definition) is 2. The lowest BCUT2D eigenvalue weighted by molar-refractivity contribution is -0.384. The lowest BCUT2D eigenvalue weighted by Gasteiger charge is -2.28. The van der Waals surface area contributed by atoms with Crippen molar-refractivity contribution in [2.45, 2.75) is 26.8 Å². The second-order valence-electron chi connectivity index (χ2n) is 9.50. The van der Waals surface area contributed by atoms with E-state index < -0.39 is 16.9 Å². The second-order valence-corrected chi connectivity index (χ2v) is 9.50. The van der Waals surface area contributed by atoms with Crippen LogP contribution in [0.25, 0.3) is 11.4 Å². The van der Waals surface area contributed by atoms with Gasteiger partial charge in [0.2, 0.25) is 5.95 Å². The van der Waals surface area contributed by atoms with Gasteiger partial charge >= 0.3 is 0 Å². The molecule has 0 radical (unpaired) electrons. The predicted molar refractivity (Wildman–Crippen MR) is 158 cm³/mol. The second kappa shape index (κ2) is 11.5. The van der Waals surface area contributed by atoms with E-state index in [1.54, 1.807) is 41.9 Å². The number of allylic oxidation sites excluding steroid dienone is 1. The molecule has 2 N–H and O–H groups in total. The van der Waals surface area contributed by atoms with Crippen LogP contribution in [0.15, 0.2) is 84.1 Å². The molecule has 4 aromatic rings. The van der Waals surface area contributed by atoms with Crippen molar-refractivity contribution in [2.75, 3.05) is 35.7 Å². The SMILES string of the molecule is CCN(CC)c1ccc(-c2nc3n(n2)C(c2cccc([N+](=O)[O-])c2)C(C(=O)Nc2ccccc2OC)=C(C)N3)cc1. The van der Waals surface area contributed by atoms with Gasteiger partial charge < -0.3 is 20.3 Å². The number of nitro benzene ring substituents is 1. The molecule has 0 saturated carbocycles. The monoisotopic (exact) mass is 553 g/mol. The highest BCUT2D eigenvalue weighted by Crippen LogP contribution is 2.38. The van der Waals surface area contributed by atoms with Gasteiger partial charge in [0.15, 0.2) is 5.82 Å². The maximum absolute atomic E-state index is 13.8. The standard InChI is InChI=1S/C30H31N7O4/c1-5-35(6-2)22-16-14-20(15-17-22)28-33-30-31-19(3)26(29(38)32-24-12-7-8-13-25(24)41-4)27(36(30)34-28)21-10-9-11-23(18-21)37(39)40/h7-18,27H,5-6H2,1-4H3,(H,32,38)(H,31,33,34). The van der Waals surface area contributed by atoms with Gasteiger partial charge in [0.05, 0.1) is 23.3 Å². The normalized spacial score (nSPS) is 14.2. The zero-order valence-electron chi connectivity index (χ0n) is 23.3. The summed E-state index contributed by atoms with van der Waals surface area (Å²) in [4.78, 5) is 32.0. The molecule has 11 nitrogen and oxygen atoms in total. The van der Waals surface area contributed by atoms with Crippen molar-refractivity contribution in [3.63, 3.8) is 0 Å². The van der Waals surface area contributed by atoms with Crippen molar-refractivity contribution < 1.29 is 14.5 Å². The van der Waals surface area contributed by atoms with Gasteiger partial charge in [0, 0.05) is 42.2 Å². The summed E-state index contributed by atoms with van der Waals surface area (Å²) in [6.45, 7) is 7.79. The first-order chi connectivity index (χ1) is 19.8. The van der Waals surface area contributed by atoms with E-state index in [2.05, 4.69) is 29.4 Å². The first-order valence-corrected chi connectivity index (χ1v) is 13.3. The molecular formula is C30H31N7O4. The summed E-state index contributed by atoms with van der Waals surface area (Å²) >= 11 is 0. The number of hydrogen-bond acceptors (Lipinski definition) is 8. The van der Waals surface area contributed by atoms with Crippen molar-refractivity contribution in [2.24, 2.45) is 0 Å². The predicted octanol–water partition coefficient (Wildman–Crippen LogP) is 5.64. The summed E-state index contributed by atoms with van der Waals surface area (Å²) in [6, 6.07) is 20.5. The number of carbonyl (C=O) groups excluding carboxylic acids is 1. The Bertz CT molecular complexity index is 1620. The van der Waals surface area contributed by atoms with Crippen LogP contribution in [-0.2, 0) is 4.79 Å². The van der Waals surface area contributed by atoms with Crippen LogP contribution in [-0.4, -0.2) is 45.8 Å². The van der Waals surface area contributed by atoms with E-state index in [0.717, 1.165) is 24.3 Å². The van der Waals surface area contributed by atoms with E-state index in [1.165, 1.54) is 19.2 Å². The summed E-state index contributed by atoms with van der Waals surface area (Å²) in [5.74, 6) is 0.998. The fourth-order valence-electron chi connectivity index (χ4n) is 5.03. The van der Waals surface area contributed by atoms with Crippen molar-refractivity contribution in [3.05, 3.63) is 99.7 Å². The topological polar surface area (TPSA) is 127 Å². The third kappa shape index (κ3) is 5.33. The van der Waals surface area contributed by atoms with Gasteiger partial charge in [-0.25, -0.2) is 4.68 Å². The molecule has 1 amide bonds. The maximum atomic E-state index is 13.8. The highest BCUT2D eigenvalue weighted by Gasteiger charge is 2.35. The van der Waals surface area contributed by atoms with E-state index in [1.807, 2.05) is 30.3 Å². The van der Waals surface area contributed by atoms with E-state index in [9.17, 15) is 14.9 Å². The number of benzene rings is 3. The average Bonchev–Trinajstić information content (AvgIpc) is 3.41. The minimum atomic E-state index is -0.781. The molecule has 0 bridgehead atoms. The molecular weight excluding hydrogens is 522 g/mol. The zero-order chi connectivity index (χ0) is 29.1. The number of anilines is 3. The Morgan fingerprint density at radius 3 is 2.51 bits per heavy atom. The first kappa shape index (κ1) is 27.4. The summed E-state index contributed by atoms with van der Waals surface area (Å²) < 4.78 is 7.02. The molecule has 3 aromatic carbocycles. The van der Waals surface area contributed by atoms with Gasteiger partial charge in [0.25, 0.3) is 11.6 Å². The van der Waals surface area contributed by atoms with Gasteiger partial charge in [0.1, 0.15) is 11.8 Å². The Kier molecular flexibility index (Phi) is 7.68. The van der Waals surface area contributed by atoms with Crippen LogP contribution in [0.2, 0.25) is 0 Å². The Morgan fingerprint density at radius 1 is 1.10 bits per heavy atom. The number of fused-ring (bicyclic) bond motifs is 1. The Hall–Kier alpha value is -5.19. The van der Waals surface area contributed by atoms with Crippen molar-refractivity contribution >= 4 is 28.9 Å². The molecule has 0 aliphatic carbocycles. The van der Waals surface area contributed by atoms with Gasteiger partial charge in [-0.2, -0.15) is 4.98 Å². The number of rotatable bonds is 9. The molecule has 2 heterocycles. The van der Waals surface area contributed by atoms with E-state index in [-0.39, 0.29) is 5.69 Å². The van der Waals surface area contributed by atoms with Crippen molar-refractivity contribution in [3.8, 4) is 17.1 Å². The molecule has 210 valence electrons. The quantitative estimate of drug-likeness (QED) is 0.201. The van der Waals surface area contributed by atoms with Gasteiger partial charge in [-0.05, 0) is 62.7 Å². The third-order valence-corrected chi connectivity index (χ3v) is 7.10. The van der Waals surface area contributed by atoms with E-state index in [0.29, 0.717) is 40.0 Å². The van der Waals surface area contributed by atoms with Gasteiger partial charge in [-0.15, -0.1) is 5.10 Å². The number of amides is 1.